The predicted octanol–water partition coefficient (Wildman–Crippen LogP) is 1.55. The molecule has 1 saturated heterocycles. The number of carbonyl (C=O) groups is 1. The fourth-order valence-corrected chi connectivity index (χ4v) is 2.19. The van der Waals surface area contributed by atoms with Crippen molar-refractivity contribution in [3.8, 4) is 0 Å². The van der Waals surface area contributed by atoms with Crippen molar-refractivity contribution in [2.75, 3.05) is 20.3 Å². The van der Waals surface area contributed by atoms with Crippen LogP contribution in [0.3, 0.4) is 0 Å². The van der Waals surface area contributed by atoms with E-state index in [0.717, 1.165) is 5.56 Å². The molecule has 2 atom stereocenters. The molecule has 1 aromatic carbocycles. The molecule has 0 saturated carbocycles. The molecule has 3 nitrogen and oxygen atoms in total. The van der Waals surface area contributed by atoms with Gasteiger partial charge in [-0.2, -0.15) is 0 Å². The van der Waals surface area contributed by atoms with Crippen molar-refractivity contribution < 1.29 is 13.9 Å². The van der Waals surface area contributed by atoms with E-state index in [9.17, 15) is 9.18 Å². The van der Waals surface area contributed by atoms with Crippen LogP contribution >= 0.6 is 0 Å². The maximum atomic E-state index is 13.3. The van der Waals surface area contributed by atoms with Crippen LogP contribution in [0.4, 0.5) is 4.39 Å². The number of likely N-dealkylation sites (N-methyl/N-ethyl adjacent to an activating group) is 1. The van der Waals surface area contributed by atoms with Crippen LogP contribution in [0.1, 0.15) is 15.9 Å². The van der Waals surface area contributed by atoms with Crippen LogP contribution in [-0.2, 0) is 4.74 Å². The molecule has 2 rings (SSSR count). The summed E-state index contributed by atoms with van der Waals surface area (Å²) in [6.07, 6.45) is 0. The van der Waals surface area contributed by atoms with Crippen molar-refractivity contribution in [3.05, 3.63) is 35.1 Å². The SMILES string of the molecule is CNC1COCC1C(=O)c1cc(C)cc(F)c1. The van der Waals surface area contributed by atoms with Crippen LogP contribution in [-0.4, -0.2) is 32.1 Å². The normalized spacial score (nSPS) is 23.9. The molecule has 0 radical (unpaired) electrons. The third kappa shape index (κ3) is 2.53. The highest BCUT2D eigenvalue weighted by atomic mass is 19.1. The monoisotopic (exact) mass is 237 g/mol. The number of nitrogens with one attached hydrogen (secondary N) is 1. The molecule has 1 aliphatic rings. The van der Waals surface area contributed by atoms with Crippen molar-refractivity contribution in [2.24, 2.45) is 5.92 Å². The Hall–Kier alpha value is -1.26. The van der Waals surface area contributed by atoms with Gasteiger partial charge < -0.3 is 10.1 Å². The molecule has 1 N–H and O–H groups in total. The number of benzene rings is 1. The molecule has 0 spiro atoms. The van der Waals surface area contributed by atoms with Crippen molar-refractivity contribution in [3.63, 3.8) is 0 Å². The zero-order valence-electron chi connectivity index (χ0n) is 10.00. The van der Waals surface area contributed by atoms with Gasteiger partial charge in [-0.05, 0) is 37.7 Å². The van der Waals surface area contributed by atoms with Crippen LogP contribution in [0, 0.1) is 18.7 Å². The van der Waals surface area contributed by atoms with E-state index in [1.165, 1.54) is 12.1 Å². The number of halogens is 1. The van der Waals surface area contributed by atoms with Crippen LogP contribution < -0.4 is 5.32 Å². The Kier molecular flexibility index (Phi) is 3.54. The summed E-state index contributed by atoms with van der Waals surface area (Å²) in [6.45, 7) is 2.71. The van der Waals surface area contributed by atoms with E-state index in [4.69, 9.17) is 4.74 Å². The summed E-state index contributed by atoms with van der Waals surface area (Å²) in [5, 5.41) is 3.05. The number of ether oxygens (including phenoxy) is 1. The molecule has 92 valence electrons. The number of ketones is 1. The molecule has 2 unspecified atom stereocenters. The van der Waals surface area contributed by atoms with E-state index < -0.39 is 0 Å². The molecule has 17 heavy (non-hydrogen) atoms. The largest absolute Gasteiger partial charge is 0.379 e. The lowest BCUT2D eigenvalue weighted by molar-refractivity contribution is 0.0892. The number of aryl methyl sites for hydroxylation is 1. The molecule has 1 heterocycles. The molecule has 1 aromatic rings. The van der Waals surface area contributed by atoms with Gasteiger partial charge in [-0.1, -0.05) is 0 Å². The topological polar surface area (TPSA) is 38.3 Å². The predicted molar refractivity (Wildman–Crippen MR) is 62.6 cm³/mol. The van der Waals surface area contributed by atoms with Gasteiger partial charge in [0.05, 0.1) is 19.1 Å². The third-order valence-electron chi connectivity index (χ3n) is 3.11. The Morgan fingerprint density at radius 2 is 2.18 bits per heavy atom. The Bertz CT molecular complexity index is 413. The molecule has 0 aromatic heterocycles. The van der Waals surface area contributed by atoms with E-state index >= 15 is 0 Å². The lowest BCUT2D eigenvalue weighted by Gasteiger charge is -2.15. The zero-order chi connectivity index (χ0) is 12.4. The van der Waals surface area contributed by atoms with E-state index in [2.05, 4.69) is 5.32 Å². The summed E-state index contributed by atoms with van der Waals surface area (Å²) in [5.41, 5.74) is 1.19. The van der Waals surface area contributed by atoms with E-state index in [1.54, 1.807) is 20.0 Å². The minimum atomic E-state index is -0.367. The van der Waals surface area contributed by atoms with Crippen LogP contribution in [0.2, 0.25) is 0 Å². The Labute approximate surface area is 100.0 Å². The van der Waals surface area contributed by atoms with Gasteiger partial charge in [-0.25, -0.2) is 4.39 Å². The van der Waals surface area contributed by atoms with E-state index in [1.807, 2.05) is 0 Å². The lowest BCUT2D eigenvalue weighted by atomic mass is 9.92. The van der Waals surface area contributed by atoms with Gasteiger partial charge >= 0.3 is 0 Å². The minimum Gasteiger partial charge on any atom is -0.379 e. The van der Waals surface area contributed by atoms with Gasteiger partial charge in [-0.15, -0.1) is 0 Å². The van der Waals surface area contributed by atoms with Gasteiger partial charge in [0.25, 0.3) is 0 Å². The first-order valence-corrected chi connectivity index (χ1v) is 5.68. The summed E-state index contributed by atoms with van der Waals surface area (Å²) < 4.78 is 18.5. The van der Waals surface area contributed by atoms with Crippen molar-refractivity contribution >= 4 is 5.78 Å². The molecule has 4 heteroatoms. The van der Waals surface area contributed by atoms with Crippen LogP contribution in [0.5, 0.6) is 0 Å². The van der Waals surface area contributed by atoms with Gasteiger partial charge in [0.2, 0.25) is 0 Å². The van der Waals surface area contributed by atoms with E-state index in [-0.39, 0.29) is 23.6 Å². The molecular formula is C13H16FNO2. The molecule has 0 bridgehead atoms. The van der Waals surface area contributed by atoms with Gasteiger partial charge in [-0.3, -0.25) is 4.79 Å². The fourth-order valence-electron chi connectivity index (χ4n) is 2.19. The van der Waals surface area contributed by atoms with Gasteiger partial charge in [0.1, 0.15) is 5.82 Å². The fraction of sp³-hybridized carbons (Fsp3) is 0.462. The minimum absolute atomic E-state index is 0.0195. The first-order chi connectivity index (χ1) is 8.11. The molecule has 1 aliphatic heterocycles. The number of carbonyl (C=O) groups excluding carboxylic acids is 1. The third-order valence-corrected chi connectivity index (χ3v) is 3.11. The number of hydrogen-bond acceptors (Lipinski definition) is 3. The summed E-state index contributed by atoms with van der Waals surface area (Å²) in [7, 11) is 1.80. The average Bonchev–Trinajstić information content (AvgIpc) is 2.74. The van der Waals surface area contributed by atoms with Crippen LogP contribution in [0.15, 0.2) is 18.2 Å². The second-order valence-corrected chi connectivity index (χ2v) is 4.42. The summed E-state index contributed by atoms with van der Waals surface area (Å²) in [4.78, 5) is 12.2. The first kappa shape index (κ1) is 12.2. The number of hydrogen-bond donors (Lipinski definition) is 1. The second-order valence-electron chi connectivity index (χ2n) is 4.42. The summed E-state index contributed by atoms with van der Waals surface area (Å²) in [5.74, 6) is -0.640. The van der Waals surface area contributed by atoms with Crippen LogP contribution in [0.25, 0.3) is 0 Å². The Balaban J connectivity index is 2.24. The maximum Gasteiger partial charge on any atom is 0.170 e. The first-order valence-electron chi connectivity index (χ1n) is 5.68. The molecule has 0 aliphatic carbocycles. The van der Waals surface area contributed by atoms with Crippen molar-refractivity contribution in [1.29, 1.82) is 0 Å². The maximum absolute atomic E-state index is 13.3. The van der Waals surface area contributed by atoms with E-state index in [0.29, 0.717) is 18.8 Å². The summed E-state index contributed by atoms with van der Waals surface area (Å²) in [6, 6.07) is 4.44. The number of rotatable bonds is 3. The molecule has 1 fully saturated rings. The average molecular weight is 237 g/mol. The molecule has 0 amide bonds. The van der Waals surface area contributed by atoms with Gasteiger partial charge in [0, 0.05) is 11.6 Å². The lowest BCUT2D eigenvalue weighted by Crippen LogP contribution is -2.37. The van der Waals surface area contributed by atoms with Crippen molar-refractivity contribution in [1.82, 2.24) is 5.32 Å². The highest BCUT2D eigenvalue weighted by Gasteiger charge is 2.33. The highest BCUT2D eigenvalue weighted by molar-refractivity contribution is 5.98. The smallest absolute Gasteiger partial charge is 0.170 e. The quantitative estimate of drug-likeness (QED) is 0.811. The Morgan fingerprint density at radius 1 is 1.41 bits per heavy atom. The van der Waals surface area contributed by atoms with Crippen molar-refractivity contribution in [2.45, 2.75) is 13.0 Å². The second kappa shape index (κ2) is 4.94. The standard InChI is InChI=1S/C13H16FNO2/c1-8-3-9(5-10(14)4-8)13(16)11-6-17-7-12(11)15-2/h3-5,11-12,15H,6-7H2,1-2H3. The zero-order valence-corrected chi connectivity index (χ0v) is 10.00. The van der Waals surface area contributed by atoms with Gasteiger partial charge in [0.15, 0.2) is 5.78 Å². The highest BCUT2D eigenvalue weighted by Crippen LogP contribution is 2.20. The molecular weight excluding hydrogens is 221 g/mol. The Morgan fingerprint density at radius 3 is 2.82 bits per heavy atom. The summed E-state index contributed by atoms with van der Waals surface area (Å²) >= 11 is 0. The number of Topliss-reactive ketones (excluding diaryl/α,β-unsaturated/α-hetero) is 1.